The highest BCUT2D eigenvalue weighted by Gasteiger charge is 2.25. The Hall–Kier alpha value is -2.70. The first-order valence-corrected chi connectivity index (χ1v) is 6.50. The van der Waals surface area contributed by atoms with Gasteiger partial charge in [-0.05, 0) is 18.6 Å². The molecule has 3 N–H and O–H groups in total. The Morgan fingerprint density at radius 1 is 1.19 bits per heavy atom. The number of benzene rings is 1. The number of carboxylic acid groups (broad SMARTS) is 1. The van der Waals surface area contributed by atoms with Gasteiger partial charge in [-0.3, -0.25) is 4.79 Å². The zero-order chi connectivity index (χ0) is 14.8. The van der Waals surface area contributed by atoms with Gasteiger partial charge >= 0.3 is 12.0 Å². The molecule has 2 aliphatic rings. The van der Waals surface area contributed by atoms with Crippen LogP contribution in [0.25, 0.3) is 0 Å². The number of amides is 2. The monoisotopic (exact) mass is 290 g/mol. The Balaban J connectivity index is 1.55. The normalized spacial score (nSPS) is 22.1. The lowest BCUT2D eigenvalue weighted by atomic mass is 10.1. The van der Waals surface area contributed by atoms with E-state index >= 15 is 0 Å². The summed E-state index contributed by atoms with van der Waals surface area (Å²) in [5.41, 5.74) is 0.577. The Bertz CT molecular complexity index is 613. The summed E-state index contributed by atoms with van der Waals surface area (Å²) in [6.45, 7) is 0.175. The average Bonchev–Trinajstić information content (AvgIpc) is 3.06. The van der Waals surface area contributed by atoms with Crippen molar-refractivity contribution in [3.8, 4) is 11.5 Å². The maximum absolute atomic E-state index is 11.9. The third-order valence-electron chi connectivity index (χ3n) is 3.35. The van der Waals surface area contributed by atoms with Gasteiger partial charge in [-0.1, -0.05) is 12.2 Å². The maximum atomic E-state index is 11.9. The molecule has 2 unspecified atom stereocenters. The molecule has 0 spiro atoms. The maximum Gasteiger partial charge on any atom is 0.319 e. The molecule has 1 aromatic rings. The van der Waals surface area contributed by atoms with E-state index in [1.807, 2.05) is 0 Å². The van der Waals surface area contributed by atoms with Gasteiger partial charge in [0, 0.05) is 11.8 Å². The summed E-state index contributed by atoms with van der Waals surface area (Å²) in [5, 5.41) is 14.3. The lowest BCUT2D eigenvalue weighted by Crippen LogP contribution is -2.36. The van der Waals surface area contributed by atoms with Crippen molar-refractivity contribution in [2.45, 2.75) is 12.5 Å². The van der Waals surface area contributed by atoms with Crippen LogP contribution in [-0.2, 0) is 4.79 Å². The number of anilines is 1. The molecule has 1 heterocycles. The molecule has 1 aliphatic heterocycles. The number of carbonyl (C=O) groups is 2. The zero-order valence-corrected chi connectivity index (χ0v) is 11.0. The zero-order valence-electron chi connectivity index (χ0n) is 11.0. The third kappa shape index (κ3) is 2.91. The molecular formula is C14H14N2O5. The van der Waals surface area contributed by atoms with Crippen LogP contribution in [-0.4, -0.2) is 29.9 Å². The van der Waals surface area contributed by atoms with Crippen molar-refractivity contribution in [2.75, 3.05) is 12.1 Å². The van der Waals surface area contributed by atoms with Crippen molar-refractivity contribution in [1.82, 2.24) is 5.32 Å². The molecule has 2 amide bonds. The molecule has 2 atom stereocenters. The Labute approximate surface area is 120 Å². The van der Waals surface area contributed by atoms with Crippen molar-refractivity contribution in [1.29, 1.82) is 0 Å². The van der Waals surface area contributed by atoms with Gasteiger partial charge in [-0.2, -0.15) is 0 Å². The van der Waals surface area contributed by atoms with Crippen molar-refractivity contribution in [3.05, 3.63) is 30.4 Å². The smallest absolute Gasteiger partial charge is 0.319 e. The van der Waals surface area contributed by atoms with E-state index in [0.29, 0.717) is 23.6 Å². The lowest BCUT2D eigenvalue weighted by Gasteiger charge is -2.13. The van der Waals surface area contributed by atoms with Crippen LogP contribution in [0.15, 0.2) is 30.4 Å². The van der Waals surface area contributed by atoms with E-state index in [1.165, 1.54) is 0 Å². The van der Waals surface area contributed by atoms with Crippen LogP contribution in [0.1, 0.15) is 6.42 Å². The first kappa shape index (κ1) is 13.3. The van der Waals surface area contributed by atoms with Crippen LogP contribution in [0.5, 0.6) is 11.5 Å². The van der Waals surface area contributed by atoms with Gasteiger partial charge in [0.05, 0.1) is 12.0 Å². The minimum absolute atomic E-state index is 0.175. The molecule has 0 saturated carbocycles. The summed E-state index contributed by atoms with van der Waals surface area (Å²) < 4.78 is 10.4. The molecule has 7 nitrogen and oxygen atoms in total. The second-order valence-electron chi connectivity index (χ2n) is 4.84. The number of nitrogens with one attached hydrogen (secondary N) is 2. The van der Waals surface area contributed by atoms with E-state index in [0.717, 1.165) is 0 Å². The Kier molecular flexibility index (Phi) is 3.39. The molecule has 7 heteroatoms. The number of urea groups is 1. The molecule has 0 saturated heterocycles. The summed E-state index contributed by atoms with van der Waals surface area (Å²) in [4.78, 5) is 22.7. The predicted molar refractivity (Wildman–Crippen MR) is 73.4 cm³/mol. The number of carboxylic acids is 1. The third-order valence-corrected chi connectivity index (χ3v) is 3.35. The average molecular weight is 290 g/mol. The second kappa shape index (κ2) is 5.35. The molecule has 0 radical (unpaired) electrons. The lowest BCUT2D eigenvalue weighted by molar-refractivity contribution is -0.140. The van der Waals surface area contributed by atoms with E-state index in [-0.39, 0.29) is 12.8 Å². The summed E-state index contributed by atoms with van der Waals surface area (Å²) in [7, 11) is 0. The molecule has 0 aromatic heterocycles. The molecule has 0 fully saturated rings. The van der Waals surface area contributed by atoms with Gasteiger partial charge in [0.2, 0.25) is 6.79 Å². The highest BCUT2D eigenvalue weighted by molar-refractivity contribution is 5.90. The van der Waals surface area contributed by atoms with Crippen molar-refractivity contribution < 1.29 is 24.2 Å². The largest absolute Gasteiger partial charge is 0.481 e. The molecule has 1 aliphatic carbocycles. The van der Waals surface area contributed by atoms with Crippen LogP contribution < -0.4 is 20.1 Å². The molecule has 3 rings (SSSR count). The van der Waals surface area contributed by atoms with Gasteiger partial charge in [-0.15, -0.1) is 0 Å². The minimum atomic E-state index is -0.883. The summed E-state index contributed by atoms with van der Waals surface area (Å²) >= 11 is 0. The fraction of sp³-hybridized carbons (Fsp3) is 0.286. The van der Waals surface area contributed by atoms with E-state index in [9.17, 15) is 9.59 Å². The van der Waals surface area contributed by atoms with Crippen molar-refractivity contribution in [3.63, 3.8) is 0 Å². The fourth-order valence-electron chi connectivity index (χ4n) is 2.30. The molecule has 1 aromatic carbocycles. The van der Waals surface area contributed by atoms with Crippen LogP contribution in [0.4, 0.5) is 10.5 Å². The minimum Gasteiger partial charge on any atom is -0.481 e. The van der Waals surface area contributed by atoms with Crippen molar-refractivity contribution in [2.24, 2.45) is 5.92 Å². The highest BCUT2D eigenvalue weighted by Crippen LogP contribution is 2.34. The first-order chi connectivity index (χ1) is 10.1. The standard InChI is InChI=1S/C14H14N2O5/c17-13(18)8-1-2-9(5-8)15-14(19)16-10-3-4-11-12(6-10)21-7-20-11/h1-4,6,8-9H,5,7H2,(H,17,18)(H2,15,16,19). The molecule has 0 bridgehead atoms. The highest BCUT2D eigenvalue weighted by atomic mass is 16.7. The Morgan fingerprint density at radius 2 is 2.00 bits per heavy atom. The van der Waals surface area contributed by atoms with Crippen LogP contribution >= 0.6 is 0 Å². The SMILES string of the molecule is O=C(Nc1ccc2c(c1)OCO2)NC1C=CC(C(=O)O)C1. The van der Waals surface area contributed by atoms with Crippen LogP contribution in [0, 0.1) is 5.92 Å². The number of aliphatic carboxylic acids is 1. The van der Waals surface area contributed by atoms with Gasteiger partial charge in [-0.25, -0.2) is 4.79 Å². The van der Waals surface area contributed by atoms with Gasteiger partial charge < -0.3 is 25.2 Å². The van der Waals surface area contributed by atoms with Gasteiger partial charge in [0.1, 0.15) is 0 Å². The second-order valence-corrected chi connectivity index (χ2v) is 4.84. The number of fused-ring (bicyclic) bond motifs is 1. The molecular weight excluding hydrogens is 276 g/mol. The number of rotatable bonds is 3. The Morgan fingerprint density at radius 3 is 2.76 bits per heavy atom. The summed E-state index contributed by atoms with van der Waals surface area (Å²) in [5.74, 6) is -0.198. The van der Waals surface area contributed by atoms with Crippen LogP contribution in [0.2, 0.25) is 0 Å². The summed E-state index contributed by atoms with van der Waals surface area (Å²) in [6, 6.07) is 4.42. The number of hydrogen-bond acceptors (Lipinski definition) is 4. The van der Waals surface area contributed by atoms with Crippen molar-refractivity contribution >= 4 is 17.7 Å². The van der Waals surface area contributed by atoms with Crippen LogP contribution in [0.3, 0.4) is 0 Å². The number of carbonyl (C=O) groups excluding carboxylic acids is 1. The van der Waals surface area contributed by atoms with Gasteiger partial charge in [0.25, 0.3) is 0 Å². The van der Waals surface area contributed by atoms with E-state index < -0.39 is 17.9 Å². The number of ether oxygens (including phenoxy) is 2. The van der Waals surface area contributed by atoms with E-state index in [4.69, 9.17) is 14.6 Å². The quantitative estimate of drug-likeness (QED) is 0.734. The predicted octanol–water partition coefficient (Wildman–Crippen LogP) is 1.57. The summed E-state index contributed by atoms with van der Waals surface area (Å²) in [6.07, 6.45) is 3.65. The van der Waals surface area contributed by atoms with E-state index in [2.05, 4.69) is 10.6 Å². The molecule has 21 heavy (non-hydrogen) atoms. The van der Waals surface area contributed by atoms with Gasteiger partial charge in [0.15, 0.2) is 11.5 Å². The van der Waals surface area contributed by atoms with E-state index in [1.54, 1.807) is 30.4 Å². The topological polar surface area (TPSA) is 96.9 Å². The first-order valence-electron chi connectivity index (χ1n) is 6.50. The number of hydrogen-bond donors (Lipinski definition) is 3. The molecule has 110 valence electrons. The fourth-order valence-corrected chi connectivity index (χ4v) is 2.30.